The Balaban J connectivity index is 1.76. The normalized spacial score (nSPS) is 25.7. The predicted octanol–water partition coefficient (Wildman–Crippen LogP) is 5.10. The third kappa shape index (κ3) is 4.80. The molecule has 146 valence electrons. The van der Waals surface area contributed by atoms with Crippen LogP contribution in [-0.2, 0) is 12.0 Å². The fourth-order valence-corrected chi connectivity index (χ4v) is 4.94. The van der Waals surface area contributed by atoms with Crippen LogP contribution >= 0.6 is 0 Å². The highest BCUT2D eigenvalue weighted by molar-refractivity contribution is 5.36. The summed E-state index contributed by atoms with van der Waals surface area (Å²) < 4.78 is 0. The maximum Gasteiger partial charge on any atom is 0.0939 e. The molecule has 3 unspecified atom stereocenters. The van der Waals surface area contributed by atoms with Gasteiger partial charge in [0.25, 0.3) is 0 Å². The molecule has 0 amide bonds. The average molecular weight is 366 g/mol. The van der Waals surface area contributed by atoms with E-state index in [1.165, 1.54) is 23.1 Å². The molecule has 0 radical (unpaired) electrons. The van der Waals surface area contributed by atoms with Crippen molar-refractivity contribution >= 4 is 0 Å². The van der Waals surface area contributed by atoms with Crippen LogP contribution in [0.3, 0.4) is 0 Å². The highest BCUT2D eigenvalue weighted by Crippen LogP contribution is 2.46. The van der Waals surface area contributed by atoms with Crippen LogP contribution in [0.2, 0.25) is 0 Å². The molecule has 0 saturated heterocycles. The molecule has 3 rings (SSSR count). The van der Waals surface area contributed by atoms with Crippen LogP contribution in [0.5, 0.6) is 0 Å². The Morgan fingerprint density at radius 2 is 1.81 bits per heavy atom. The van der Waals surface area contributed by atoms with Gasteiger partial charge >= 0.3 is 0 Å². The summed E-state index contributed by atoms with van der Waals surface area (Å²) in [7, 11) is 4.24. The highest BCUT2D eigenvalue weighted by Gasteiger charge is 2.43. The van der Waals surface area contributed by atoms with Crippen molar-refractivity contribution in [3.8, 4) is 0 Å². The number of hydrogen-bond acceptors (Lipinski definition) is 2. The summed E-state index contributed by atoms with van der Waals surface area (Å²) in [5.41, 5.74) is 4.36. The molecule has 1 aliphatic carbocycles. The van der Waals surface area contributed by atoms with Gasteiger partial charge in [0.2, 0.25) is 0 Å². The fourth-order valence-electron chi connectivity index (χ4n) is 4.94. The van der Waals surface area contributed by atoms with Gasteiger partial charge in [0, 0.05) is 12.5 Å². The van der Waals surface area contributed by atoms with Gasteiger partial charge in [-0.15, -0.1) is 0 Å². The Morgan fingerprint density at radius 3 is 2.48 bits per heavy atom. The lowest BCUT2D eigenvalue weighted by molar-refractivity contribution is -0.0765. The van der Waals surface area contributed by atoms with Gasteiger partial charge < -0.3 is 10.0 Å². The topological polar surface area (TPSA) is 23.5 Å². The van der Waals surface area contributed by atoms with Crippen molar-refractivity contribution in [1.82, 2.24) is 4.90 Å². The van der Waals surface area contributed by atoms with Gasteiger partial charge in [0.05, 0.1) is 5.60 Å². The van der Waals surface area contributed by atoms with Crippen molar-refractivity contribution in [1.29, 1.82) is 0 Å². The molecule has 0 aliphatic heterocycles. The second kappa shape index (κ2) is 8.58. The van der Waals surface area contributed by atoms with Crippen molar-refractivity contribution in [3.05, 3.63) is 70.8 Å². The van der Waals surface area contributed by atoms with Crippen molar-refractivity contribution in [2.45, 2.75) is 51.6 Å². The summed E-state index contributed by atoms with van der Waals surface area (Å²) >= 11 is 0. The standard InChI is InChI=1S/C25H35NO/c1-19-10-13-24(20(2)16-19)25(27)15-14-22(17-23(25)18-26(3)4)12-11-21-8-6-5-7-9-21/h5-10,13,16,22-23,27H,11-12,14-15,17-18H2,1-4H3. The molecule has 1 aliphatic rings. The van der Waals surface area contributed by atoms with Crippen LogP contribution in [0.1, 0.15) is 47.9 Å². The molecule has 0 aromatic heterocycles. The van der Waals surface area contributed by atoms with Crippen LogP contribution in [-0.4, -0.2) is 30.6 Å². The van der Waals surface area contributed by atoms with Crippen LogP contribution in [0.15, 0.2) is 48.5 Å². The van der Waals surface area contributed by atoms with E-state index < -0.39 is 5.60 Å². The molecule has 2 nitrogen and oxygen atoms in total. The molecule has 2 aromatic carbocycles. The maximum absolute atomic E-state index is 11.8. The summed E-state index contributed by atoms with van der Waals surface area (Å²) in [5.74, 6) is 0.976. The van der Waals surface area contributed by atoms with Crippen molar-refractivity contribution in [2.75, 3.05) is 20.6 Å². The summed E-state index contributed by atoms with van der Waals surface area (Å²) in [6.07, 6.45) is 5.45. The van der Waals surface area contributed by atoms with Gasteiger partial charge in [-0.3, -0.25) is 0 Å². The predicted molar refractivity (Wildman–Crippen MR) is 114 cm³/mol. The largest absolute Gasteiger partial charge is 0.385 e. The van der Waals surface area contributed by atoms with Gasteiger partial charge in [0.1, 0.15) is 0 Å². The number of aliphatic hydroxyl groups is 1. The van der Waals surface area contributed by atoms with Gasteiger partial charge in [-0.25, -0.2) is 0 Å². The molecule has 3 atom stereocenters. The number of aryl methyl sites for hydroxylation is 3. The Morgan fingerprint density at radius 1 is 1.07 bits per heavy atom. The summed E-state index contributed by atoms with van der Waals surface area (Å²) in [6.45, 7) is 5.21. The Hall–Kier alpha value is -1.64. The first kappa shape index (κ1) is 20.1. The van der Waals surface area contributed by atoms with E-state index >= 15 is 0 Å². The van der Waals surface area contributed by atoms with Gasteiger partial charge in [-0.1, -0.05) is 54.1 Å². The summed E-state index contributed by atoms with van der Waals surface area (Å²) in [4.78, 5) is 2.23. The van der Waals surface area contributed by atoms with Gasteiger partial charge in [-0.05, 0) is 82.7 Å². The van der Waals surface area contributed by atoms with Crippen LogP contribution in [0, 0.1) is 25.7 Å². The smallest absolute Gasteiger partial charge is 0.0939 e. The van der Waals surface area contributed by atoms with E-state index in [9.17, 15) is 5.11 Å². The molecule has 1 fully saturated rings. The fraction of sp³-hybridized carbons (Fsp3) is 0.520. The Labute approximate surface area is 165 Å². The van der Waals surface area contributed by atoms with E-state index in [-0.39, 0.29) is 5.92 Å². The van der Waals surface area contributed by atoms with E-state index in [0.29, 0.717) is 5.92 Å². The monoisotopic (exact) mass is 365 g/mol. The minimum Gasteiger partial charge on any atom is -0.385 e. The molecule has 1 saturated carbocycles. The maximum atomic E-state index is 11.8. The van der Waals surface area contributed by atoms with Gasteiger partial charge in [-0.2, -0.15) is 0 Å². The molecule has 1 N–H and O–H groups in total. The zero-order valence-corrected chi connectivity index (χ0v) is 17.4. The quantitative estimate of drug-likeness (QED) is 0.770. The lowest BCUT2D eigenvalue weighted by atomic mass is 9.66. The average Bonchev–Trinajstić information content (AvgIpc) is 2.63. The van der Waals surface area contributed by atoms with Crippen LogP contribution in [0.25, 0.3) is 0 Å². The highest BCUT2D eigenvalue weighted by atomic mass is 16.3. The lowest BCUT2D eigenvalue weighted by Crippen LogP contribution is -2.45. The number of hydrogen-bond donors (Lipinski definition) is 1. The molecule has 2 aromatic rings. The van der Waals surface area contributed by atoms with Crippen LogP contribution in [0.4, 0.5) is 0 Å². The molecule has 27 heavy (non-hydrogen) atoms. The first-order chi connectivity index (χ1) is 12.9. The summed E-state index contributed by atoms with van der Waals surface area (Å²) in [6, 6.07) is 17.3. The van der Waals surface area contributed by atoms with Gasteiger partial charge in [0.15, 0.2) is 0 Å². The lowest BCUT2D eigenvalue weighted by Gasteiger charge is -2.45. The molecule has 0 spiro atoms. The Kier molecular flexibility index (Phi) is 6.39. The van der Waals surface area contributed by atoms with Crippen molar-refractivity contribution in [2.24, 2.45) is 11.8 Å². The first-order valence-electron chi connectivity index (χ1n) is 10.4. The zero-order valence-electron chi connectivity index (χ0n) is 17.4. The second-order valence-corrected chi connectivity index (χ2v) is 8.87. The molecule has 0 heterocycles. The minimum absolute atomic E-state index is 0.281. The zero-order chi connectivity index (χ0) is 19.4. The third-order valence-corrected chi connectivity index (χ3v) is 6.34. The number of nitrogens with zero attached hydrogens (tertiary/aromatic N) is 1. The molecular formula is C25H35NO. The molecule has 2 heteroatoms. The minimum atomic E-state index is -0.703. The van der Waals surface area contributed by atoms with Crippen LogP contribution < -0.4 is 0 Å². The van der Waals surface area contributed by atoms with E-state index in [1.807, 2.05) is 0 Å². The van der Waals surface area contributed by atoms with Crippen molar-refractivity contribution < 1.29 is 5.11 Å². The number of benzene rings is 2. The molecular weight excluding hydrogens is 330 g/mol. The van der Waals surface area contributed by atoms with E-state index in [0.717, 1.165) is 37.8 Å². The first-order valence-corrected chi connectivity index (χ1v) is 10.4. The molecule has 0 bridgehead atoms. The SMILES string of the molecule is Cc1ccc(C2(O)CCC(CCc3ccccc3)CC2CN(C)C)c(C)c1. The summed E-state index contributed by atoms with van der Waals surface area (Å²) in [5, 5.41) is 11.8. The van der Waals surface area contributed by atoms with E-state index in [2.05, 4.69) is 81.4 Å². The third-order valence-electron chi connectivity index (χ3n) is 6.34. The number of rotatable bonds is 6. The van der Waals surface area contributed by atoms with Crippen molar-refractivity contribution in [3.63, 3.8) is 0 Å². The second-order valence-electron chi connectivity index (χ2n) is 8.87. The van der Waals surface area contributed by atoms with E-state index in [4.69, 9.17) is 0 Å². The van der Waals surface area contributed by atoms with E-state index in [1.54, 1.807) is 0 Å². The Bertz CT molecular complexity index is 739.